The Morgan fingerprint density at radius 1 is 1.17 bits per heavy atom. The van der Waals surface area contributed by atoms with Crippen LogP contribution in [0.3, 0.4) is 0 Å². The summed E-state index contributed by atoms with van der Waals surface area (Å²) in [4.78, 5) is 16.2. The van der Waals surface area contributed by atoms with Gasteiger partial charge < -0.3 is 9.73 Å². The minimum absolute atomic E-state index is 0.204. The van der Waals surface area contributed by atoms with Crippen LogP contribution in [0.5, 0.6) is 0 Å². The lowest BCUT2D eigenvalue weighted by atomic mass is 10.1. The van der Waals surface area contributed by atoms with Crippen molar-refractivity contribution in [2.75, 3.05) is 5.32 Å². The number of amides is 1. The molecule has 0 radical (unpaired) electrons. The molecule has 1 aromatic carbocycles. The molecule has 0 aliphatic heterocycles. The standard InChI is InChI=1S/C19H15N3O2/c1-2-13-3-6-15(7-4-13)16-8-9-17(24-16)19(23)22-18-10-5-14(11-20)12-21-18/h3-10,12H,2H2,1H3,(H,21,22,23). The van der Waals surface area contributed by atoms with E-state index in [-0.39, 0.29) is 11.7 Å². The van der Waals surface area contributed by atoms with Crippen LogP contribution in [0, 0.1) is 11.3 Å². The van der Waals surface area contributed by atoms with Gasteiger partial charge in [0.1, 0.15) is 17.6 Å². The van der Waals surface area contributed by atoms with Crippen molar-refractivity contribution in [3.05, 3.63) is 71.6 Å². The molecule has 2 aromatic heterocycles. The van der Waals surface area contributed by atoms with Crippen LogP contribution in [0.1, 0.15) is 28.6 Å². The highest BCUT2D eigenvalue weighted by Gasteiger charge is 2.13. The van der Waals surface area contributed by atoms with Crippen molar-refractivity contribution in [3.8, 4) is 17.4 Å². The van der Waals surface area contributed by atoms with E-state index in [2.05, 4.69) is 17.2 Å². The van der Waals surface area contributed by atoms with E-state index >= 15 is 0 Å². The maximum absolute atomic E-state index is 12.2. The first-order valence-corrected chi connectivity index (χ1v) is 7.56. The third-order valence-corrected chi connectivity index (χ3v) is 3.61. The molecule has 3 aromatic rings. The molecule has 118 valence electrons. The first kappa shape index (κ1) is 15.5. The molecule has 0 aliphatic carbocycles. The fraction of sp³-hybridized carbons (Fsp3) is 0.105. The first-order chi connectivity index (χ1) is 11.7. The average Bonchev–Trinajstić information content (AvgIpc) is 3.13. The molecule has 0 unspecified atom stereocenters. The number of anilines is 1. The second-order valence-electron chi connectivity index (χ2n) is 5.21. The quantitative estimate of drug-likeness (QED) is 0.788. The number of furan rings is 1. The van der Waals surface area contributed by atoms with E-state index in [4.69, 9.17) is 9.68 Å². The smallest absolute Gasteiger partial charge is 0.292 e. The Labute approximate surface area is 139 Å². The number of benzene rings is 1. The summed E-state index contributed by atoms with van der Waals surface area (Å²) in [6, 6.07) is 16.6. The average molecular weight is 317 g/mol. The number of hydrogen-bond acceptors (Lipinski definition) is 4. The number of nitrogens with zero attached hydrogens (tertiary/aromatic N) is 2. The normalized spacial score (nSPS) is 10.2. The highest BCUT2D eigenvalue weighted by atomic mass is 16.3. The van der Waals surface area contributed by atoms with Crippen molar-refractivity contribution in [2.45, 2.75) is 13.3 Å². The number of nitrogens with one attached hydrogen (secondary N) is 1. The van der Waals surface area contributed by atoms with Gasteiger partial charge in [-0.3, -0.25) is 4.79 Å². The molecule has 3 rings (SSSR count). The molecule has 0 saturated heterocycles. The summed E-state index contributed by atoms with van der Waals surface area (Å²) in [6.45, 7) is 2.10. The lowest BCUT2D eigenvalue weighted by Crippen LogP contribution is -2.11. The van der Waals surface area contributed by atoms with Gasteiger partial charge in [-0.15, -0.1) is 0 Å². The molecule has 0 spiro atoms. The monoisotopic (exact) mass is 317 g/mol. The molecule has 24 heavy (non-hydrogen) atoms. The van der Waals surface area contributed by atoms with Crippen LogP contribution in [0.25, 0.3) is 11.3 Å². The van der Waals surface area contributed by atoms with Gasteiger partial charge in [0.2, 0.25) is 0 Å². The number of aryl methyl sites for hydroxylation is 1. The van der Waals surface area contributed by atoms with E-state index in [1.807, 2.05) is 30.3 Å². The van der Waals surface area contributed by atoms with Crippen molar-refractivity contribution in [3.63, 3.8) is 0 Å². The third-order valence-electron chi connectivity index (χ3n) is 3.61. The summed E-state index contributed by atoms with van der Waals surface area (Å²) < 4.78 is 5.63. The van der Waals surface area contributed by atoms with Crippen LogP contribution in [0.2, 0.25) is 0 Å². The Morgan fingerprint density at radius 2 is 1.96 bits per heavy atom. The molecule has 2 heterocycles. The molecule has 1 N–H and O–H groups in total. The summed E-state index contributed by atoms with van der Waals surface area (Å²) in [5.41, 5.74) is 2.60. The predicted molar refractivity (Wildman–Crippen MR) is 90.4 cm³/mol. The van der Waals surface area contributed by atoms with E-state index in [9.17, 15) is 4.79 Å². The Hall–Kier alpha value is -3.39. The molecule has 0 aliphatic rings. The minimum Gasteiger partial charge on any atom is -0.451 e. The first-order valence-electron chi connectivity index (χ1n) is 7.56. The number of pyridine rings is 1. The maximum Gasteiger partial charge on any atom is 0.292 e. The van der Waals surface area contributed by atoms with E-state index in [1.54, 1.807) is 24.3 Å². The second-order valence-corrected chi connectivity index (χ2v) is 5.21. The summed E-state index contributed by atoms with van der Waals surface area (Å²) in [5, 5.41) is 11.4. The van der Waals surface area contributed by atoms with Crippen LogP contribution in [0.15, 0.2) is 59.1 Å². The fourth-order valence-corrected chi connectivity index (χ4v) is 2.23. The molecular weight excluding hydrogens is 302 g/mol. The van der Waals surface area contributed by atoms with Gasteiger partial charge in [-0.1, -0.05) is 31.2 Å². The minimum atomic E-state index is -0.386. The fourth-order valence-electron chi connectivity index (χ4n) is 2.23. The Bertz CT molecular complexity index is 888. The Morgan fingerprint density at radius 3 is 2.58 bits per heavy atom. The SMILES string of the molecule is CCc1ccc(-c2ccc(C(=O)Nc3ccc(C#N)cn3)o2)cc1. The van der Waals surface area contributed by atoms with Gasteiger partial charge in [0.25, 0.3) is 5.91 Å². The highest BCUT2D eigenvalue weighted by Crippen LogP contribution is 2.23. The van der Waals surface area contributed by atoms with Crippen LogP contribution >= 0.6 is 0 Å². The van der Waals surface area contributed by atoms with Gasteiger partial charge >= 0.3 is 0 Å². The van der Waals surface area contributed by atoms with Gasteiger partial charge in [0, 0.05) is 11.8 Å². The van der Waals surface area contributed by atoms with E-state index in [1.165, 1.54) is 11.8 Å². The van der Waals surface area contributed by atoms with E-state index < -0.39 is 0 Å². The van der Waals surface area contributed by atoms with Crippen molar-refractivity contribution in [1.29, 1.82) is 5.26 Å². The second kappa shape index (κ2) is 6.80. The lowest BCUT2D eigenvalue weighted by molar-refractivity contribution is 0.0997. The molecule has 5 nitrogen and oxygen atoms in total. The van der Waals surface area contributed by atoms with Crippen molar-refractivity contribution < 1.29 is 9.21 Å². The molecule has 0 atom stereocenters. The van der Waals surface area contributed by atoms with Gasteiger partial charge in [0.15, 0.2) is 5.76 Å². The molecule has 0 fully saturated rings. The van der Waals surface area contributed by atoms with Crippen LogP contribution in [0.4, 0.5) is 5.82 Å². The van der Waals surface area contributed by atoms with Crippen LogP contribution in [-0.4, -0.2) is 10.9 Å². The number of carbonyl (C=O) groups excluding carboxylic acids is 1. The number of nitriles is 1. The van der Waals surface area contributed by atoms with Crippen LogP contribution in [-0.2, 0) is 6.42 Å². The zero-order chi connectivity index (χ0) is 16.9. The molecule has 0 saturated carbocycles. The largest absolute Gasteiger partial charge is 0.451 e. The van der Waals surface area contributed by atoms with Gasteiger partial charge in [-0.25, -0.2) is 4.98 Å². The van der Waals surface area contributed by atoms with Crippen LogP contribution < -0.4 is 5.32 Å². The summed E-state index contributed by atoms with van der Waals surface area (Å²) >= 11 is 0. The van der Waals surface area contributed by atoms with E-state index in [0.29, 0.717) is 17.1 Å². The topological polar surface area (TPSA) is 78.9 Å². The predicted octanol–water partition coefficient (Wildman–Crippen LogP) is 4.03. The maximum atomic E-state index is 12.2. The Kier molecular flexibility index (Phi) is 4.39. The zero-order valence-corrected chi connectivity index (χ0v) is 13.1. The number of carbonyl (C=O) groups is 1. The third kappa shape index (κ3) is 3.33. The molecule has 5 heteroatoms. The van der Waals surface area contributed by atoms with Crippen molar-refractivity contribution >= 4 is 11.7 Å². The van der Waals surface area contributed by atoms with Crippen molar-refractivity contribution in [2.24, 2.45) is 0 Å². The lowest BCUT2D eigenvalue weighted by Gasteiger charge is -2.02. The highest BCUT2D eigenvalue weighted by molar-refractivity contribution is 6.02. The molecular formula is C19H15N3O2. The number of hydrogen-bond donors (Lipinski definition) is 1. The number of aromatic nitrogens is 1. The van der Waals surface area contributed by atoms with Gasteiger partial charge in [0.05, 0.1) is 5.56 Å². The van der Waals surface area contributed by atoms with Crippen molar-refractivity contribution in [1.82, 2.24) is 4.98 Å². The molecule has 1 amide bonds. The summed E-state index contributed by atoms with van der Waals surface area (Å²) in [6.07, 6.45) is 2.38. The summed E-state index contributed by atoms with van der Waals surface area (Å²) in [7, 11) is 0. The Balaban J connectivity index is 1.74. The summed E-state index contributed by atoms with van der Waals surface area (Å²) in [5.74, 6) is 0.819. The molecule has 0 bridgehead atoms. The van der Waals surface area contributed by atoms with E-state index in [0.717, 1.165) is 12.0 Å². The zero-order valence-electron chi connectivity index (χ0n) is 13.1. The van der Waals surface area contributed by atoms with Gasteiger partial charge in [-0.2, -0.15) is 5.26 Å². The van der Waals surface area contributed by atoms with Gasteiger partial charge in [-0.05, 0) is 36.2 Å². The number of rotatable bonds is 4.